The van der Waals surface area contributed by atoms with Crippen molar-refractivity contribution in [2.75, 3.05) is 0 Å². The standard InChI is InChI=1S/C19H24N4O2/c1-13-7-6-8-14(2)23(13)17(24)12-22-11-16(19(20)25)18(21-22)15-9-4-3-5-10-15/h3-5,9-11,13-14H,6-8,12H2,1-2H3,(H2,20,25). The van der Waals surface area contributed by atoms with Crippen LogP contribution in [0, 0.1) is 0 Å². The normalized spacial score (nSPS) is 20.5. The molecule has 6 heteroatoms. The number of hydrogen-bond donors (Lipinski definition) is 1. The van der Waals surface area contributed by atoms with Crippen molar-refractivity contribution in [1.82, 2.24) is 14.7 Å². The molecule has 1 aromatic carbocycles. The van der Waals surface area contributed by atoms with Crippen LogP contribution in [0.2, 0.25) is 0 Å². The first kappa shape index (κ1) is 17.2. The Kier molecular flexibility index (Phi) is 4.88. The van der Waals surface area contributed by atoms with Crippen molar-refractivity contribution >= 4 is 11.8 Å². The molecule has 1 aromatic heterocycles. The lowest BCUT2D eigenvalue weighted by molar-refractivity contribution is -0.138. The second-order valence-corrected chi connectivity index (χ2v) is 6.75. The predicted octanol–water partition coefficient (Wildman–Crippen LogP) is 2.44. The van der Waals surface area contributed by atoms with Gasteiger partial charge in [0.1, 0.15) is 12.2 Å². The Balaban J connectivity index is 1.86. The van der Waals surface area contributed by atoms with E-state index in [-0.39, 0.29) is 24.5 Å². The Bertz CT molecular complexity index is 759. The molecular formula is C19H24N4O2. The molecule has 2 N–H and O–H groups in total. The molecule has 1 aliphatic heterocycles. The molecule has 132 valence electrons. The van der Waals surface area contributed by atoms with Crippen molar-refractivity contribution in [3.05, 3.63) is 42.1 Å². The number of carbonyl (C=O) groups is 2. The van der Waals surface area contributed by atoms with E-state index in [2.05, 4.69) is 18.9 Å². The van der Waals surface area contributed by atoms with Gasteiger partial charge in [-0.2, -0.15) is 5.10 Å². The van der Waals surface area contributed by atoms with Crippen LogP contribution in [-0.2, 0) is 11.3 Å². The molecule has 2 amide bonds. The number of nitrogens with zero attached hydrogens (tertiary/aromatic N) is 3. The van der Waals surface area contributed by atoms with Gasteiger partial charge < -0.3 is 10.6 Å². The third-order valence-electron chi connectivity index (χ3n) is 4.85. The van der Waals surface area contributed by atoms with Gasteiger partial charge in [-0.15, -0.1) is 0 Å². The van der Waals surface area contributed by atoms with E-state index in [1.807, 2.05) is 35.2 Å². The maximum atomic E-state index is 12.8. The highest BCUT2D eigenvalue weighted by molar-refractivity contribution is 5.98. The van der Waals surface area contributed by atoms with E-state index in [9.17, 15) is 9.59 Å². The molecule has 2 unspecified atom stereocenters. The van der Waals surface area contributed by atoms with Gasteiger partial charge in [-0.1, -0.05) is 30.3 Å². The maximum absolute atomic E-state index is 12.8. The van der Waals surface area contributed by atoms with E-state index in [1.54, 1.807) is 6.20 Å². The highest BCUT2D eigenvalue weighted by Crippen LogP contribution is 2.24. The lowest BCUT2D eigenvalue weighted by Gasteiger charge is -2.39. The summed E-state index contributed by atoms with van der Waals surface area (Å²) in [6, 6.07) is 9.85. The summed E-state index contributed by atoms with van der Waals surface area (Å²) in [7, 11) is 0. The summed E-state index contributed by atoms with van der Waals surface area (Å²) >= 11 is 0. The van der Waals surface area contributed by atoms with Crippen LogP contribution in [0.15, 0.2) is 36.5 Å². The van der Waals surface area contributed by atoms with Crippen LogP contribution in [0.4, 0.5) is 0 Å². The zero-order valence-corrected chi connectivity index (χ0v) is 14.7. The van der Waals surface area contributed by atoms with Gasteiger partial charge in [-0.3, -0.25) is 14.3 Å². The van der Waals surface area contributed by atoms with Crippen molar-refractivity contribution in [3.63, 3.8) is 0 Å². The molecular weight excluding hydrogens is 316 g/mol. The molecule has 25 heavy (non-hydrogen) atoms. The summed E-state index contributed by atoms with van der Waals surface area (Å²) in [6.45, 7) is 4.28. The lowest BCUT2D eigenvalue weighted by Crippen LogP contribution is -2.48. The van der Waals surface area contributed by atoms with Crippen molar-refractivity contribution in [3.8, 4) is 11.3 Å². The Hall–Kier alpha value is -2.63. The summed E-state index contributed by atoms with van der Waals surface area (Å²) in [6.07, 6.45) is 4.77. The first-order valence-corrected chi connectivity index (χ1v) is 8.71. The SMILES string of the molecule is CC1CCCC(C)N1C(=O)Cn1cc(C(N)=O)c(-c2ccccc2)n1. The topological polar surface area (TPSA) is 81.2 Å². The number of aromatic nitrogens is 2. The zero-order valence-electron chi connectivity index (χ0n) is 14.7. The van der Waals surface area contributed by atoms with Crippen LogP contribution in [0.1, 0.15) is 43.5 Å². The van der Waals surface area contributed by atoms with Crippen molar-refractivity contribution < 1.29 is 9.59 Å². The van der Waals surface area contributed by atoms with Crippen LogP contribution in [0.3, 0.4) is 0 Å². The molecule has 0 saturated carbocycles. The lowest BCUT2D eigenvalue weighted by atomic mass is 9.97. The highest BCUT2D eigenvalue weighted by Gasteiger charge is 2.29. The van der Waals surface area contributed by atoms with Gasteiger partial charge in [-0.25, -0.2) is 0 Å². The number of primary amides is 1. The number of hydrogen-bond acceptors (Lipinski definition) is 3. The van der Waals surface area contributed by atoms with Gasteiger partial charge in [0.25, 0.3) is 5.91 Å². The number of carbonyl (C=O) groups excluding carboxylic acids is 2. The average Bonchev–Trinajstić information content (AvgIpc) is 2.99. The molecule has 1 aliphatic rings. The molecule has 0 aliphatic carbocycles. The zero-order chi connectivity index (χ0) is 18.0. The van der Waals surface area contributed by atoms with E-state index in [4.69, 9.17) is 5.73 Å². The number of rotatable bonds is 4. The van der Waals surface area contributed by atoms with Crippen molar-refractivity contribution in [1.29, 1.82) is 0 Å². The largest absolute Gasteiger partial charge is 0.365 e. The summed E-state index contributed by atoms with van der Waals surface area (Å²) < 4.78 is 1.53. The molecule has 6 nitrogen and oxygen atoms in total. The summed E-state index contributed by atoms with van der Waals surface area (Å²) in [5.74, 6) is -0.518. The van der Waals surface area contributed by atoms with Gasteiger partial charge in [-0.05, 0) is 33.1 Å². The minimum atomic E-state index is -0.544. The maximum Gasteiger partial charge on any atom is 0.252 e. The molecule has 3 rings (SSSR count). The molecule has 0 spiro atoms. The first-order chi connectivity index (χ1) is 12.0. The minimum Gasteiger partial charge on any atom is -0.365 e. The van der Waals surface area contributed by atoms with Gasteiger partial charge in [0, 0.05) is 23.8 Å². The van der Waals surface area contributed by atoms with Gasteiger partial charge in [0.05, 0.1) is 5.56 Å². The van der Waals surface area contributed by atoms with E-state index >= 15 is 0 Å². The van der Waals surface area contributed by atoms with Crippen LogP contribution < -0.4 is 5.73 Å². The first-order valence-electron chi connectivity index (χ1n) is 8.71. The molecule has 2 atom stereocenters. The molecule has 1 fully saturated rings. The van der Waals surface area contributed by atoms with Crippen LogP contribution >= 0.6 is 0 Å². The molecule has 0 bridgehead atoms. The number of likely N-dealkylation sites (tertiary alicyclic amines) is 1. The summed E-state index contributed by atoms with van der Waals surface area (Å²) in [4.78, 5) is 26.5. The fourth-order valence-corrected chi connectivity index (χ4v) is 3.63. The molecule has 0 radical (unpaired) electrons. The Morgan fingerprint density at radius 1 is 1.16 bits per heavy atom. The number of benzene rings is 1. The Morgan fingerprint density at radius 2 is 1.80 bits per heavy atom. The van der Waals surface area contributed by atoms with E-state index in [0.29, 0.717) is 11.3 Å². The molecule has 2 heterocycles. The number of piperidine rings is 1. The number of amides is 2. The summed E-state index contributed by atoms with van der Waals surface area (Å²) in [5, 5.41) is 4.45. The van der Waals surface area contributed by atoms with Gasteiger partial charge in [0.15, 0.2) is 0 Å². The second-order valence-electron chi connectivity index (χ2n) is 6.75. The third-order valence-corrected chi connectivity index (χ3v) is 4.85. The van der Waals surface area contributed by atoms with E-state index in [0.717, 1.165) is 24.8 Å². The smallest absolute Gasteiger partial charge is 0.252 e. The van der Waals surface area contributed by atoms with Crippen molar-refractivity contribution in [2.24, 2.45) is 5.73 Å². The predicted molar refractivity (Wildman–Crippen MR) is 95.8 cm³/mol. The molecule has 1 saturated heterocycles. The van der Waals surface area contributed by atoms with Crippen LogP contribution in [0.5, 0.6) is 0 Å². The quantitative estimate of drug-likeness (QED) is 0.928. The molecule has 2 aromatic rings. The van der Waals surface area contributed by atoms with Crippen LogP contribution in [0.25, 0.3) is 11.3 Å². The number of nitrogens with two attached hydrogens (primary N) is 1. The second kappa shape index (κ2) is 7.09. The Labute approximate surface area is 147 Å². The van der Waals surface area contributed by atoms with E-state index < -0.39 is 5.91 Å². The average molecular weight is 340 g/mol. The monoisotopic (exact) mass is 340 g/mol. The third kappa shape index (κ3) is 3.57. The highest BCUT2D eigenvalue weighted by atomic mass is 16.2. The Morgan fingerprint density at radius 3 is 2.40 bits per heavy atom. The fourth-order valence-electron chi connectivity index (χ4n) is 3.63. The minimum absolute atomic E-state index is 0.0258. The van der Waals surface area contributed by atoms with E-state index in [1.165, 1.54) is 4.68 Å². The van der Waals surface area contributed by atoms with Crippen LogP contribution in [-0.4, -0.2) is 38.6 Å². The fraction of sp³-hybridized carbons (Fsp3) is 0.421. The summed E-state index contributed by atoms with van der Waals surface area (Å²) in [5.41, 5.74) is 7.15. The van der Waals surface area contributed by atoms with Gasteiger partial charge >= 0.3 is 0 Å². The van der Waals surface area contributed by atoms with Crippen molar-refractivity contribution in [2.45, 2.75) is 51.7 Å². The van der Waals surface area contributed by atoms with Gasteiger partial charge in [0.2, 0.25) is 5.91 Å².